The quantitative estimate of drug-likeness (QED) is 0.819. The van der Waals surface area contributed by atoms with Crippen molar-refractivity contribution in [3.63, 3.8) is 0 Å². The Bertz CT molecular complexity index is 391. The summed E-state index contributed by atoms with van der Waals surface area (Å²) in [5, 5.41) is 3.55. The molecule has 1 N–H and O–H groups in total. The summed E-state index contributed by atoms with van der Waals surface area (Å²) in [4.78, 5) is 11.5. The maximum Gasteiger partial charge on any atom is 0.223 e. The number of hydrogen-bond donors (Lipinski definition) is 1. The highest BCUT2D eigenvalue weighted by molar-refractivity contribution is 6.30. The average molecular weight is 254 g/mol. The summed E-state index contributed by atoms with van der Waals surface area (Å²) in [6.45, 7) is 3.12. The molecule has 1 fully saturated rings. The van der Waals surface area contributed by atoms with Crippen LogP contribution >= 0.6 is 11.6 Å². The molecule has 2 unspecified atom stereocenters. The Morgan fingerprint density at radius 2 is 2.12 bits per heavy atom. The summed E-state index contributed by atoms with van der Waals surface area (Å²) in [5.74, 6) is 1.69. The molecular weight excluding hydrogens is 238 g/mol. The Hall–Kier alpha value is -1.22. The van der Waals surface area contributed by atoms with Gasteiger partial charge in [-0.2, -0.15) is 0 Å². The van der Waals surface area contributed by atoms with Gasteiger partial charge in [-0.25, -0.2) is 0 Å². The number of benzene rings is 1. The molecule has 1 aromatic rings. The molecule has 0 heterocycles. The molecule has 3 nitrogen and oxygen atoms in total. The van der Waals surface area contributed by atoms with Crippen LogP contribution in [-0.4, -0.2) is 19.1 Å². The Morgan fingerprint density at radius 1 is 1.47 bits per heavy atom. The maximum atomic E-state index is 11.5. The van der Waals surface area contributed by atoms with E-state index in [0.29, 0.717) is 24.1 Å². The fourth-order valence-corrected chi connectivity index (χ4v) is 1.82. The van der Waals surface area contributed by atoms with Gasteiger partial charge in [0.2, 0.25) is 5.91 Å². The molecule has 17 heavy (non-hydrogen) atoms. The van der Waals surface area contributed by atoms with Crippen LogP contribution in [0.15, 0.2) is 24.3 Å². The van der Waals surface area contributed by atoms with E-state index in [-0.39, 0.29) is 11.8 Å². The third-order valence-electron chi connectivity index (χ3n) is 2.93. The van der Waals surface area contributed by atoms with E-state index in [2.05, 4.69) is 12.2 Å². The Morgan fingerprint density at radius 3 is 2.71 bits per heavy atom. The number of rotatable bonds is 5. The summed E-state index contributed by atoms with van der Waals surface area (Å²) in [7, 11) is 0. The Balaban J connectivity index is 1.63. The number of ether oxygens (including phenoxy) is 1. The molecule has 1 saturated carbocycles. The van der Waals surface area contributed by atoms with Gasteiger partial charge in [-0.1, -0.05) is 18.5 Å². The number of amides is 1. The minimum Gasteiger partial charge on any atom is -0.492 e. The molecule has 92 valence electrons. The monoisotopic (exact) mass is 253 g/mol. The fourth-order valence-electron chi connectivity index (χ4n) is 1.69. The van der Waals surface area contributed by atoms with Crippen molar-refractivity contribution in [2.75, 3.05) is 13.2 Å². The predicted octanol–water partition coefficient (Wildman–Crippen LogP) is 2.49. The smallest absolute Gasteiger partial charge is 0.223 e. The van der Waals surface area contributed by atoms with E-state index in [4.69, 9.17) is 16.3 Å². The molecule has 0 aliphatic heterocycles. The van der Waals surface area contributed by atoms with Crippen molar-refractivity contribution in [2.24, 2.45) is 11.8 Å². The molecule has 4 heteroatoms. The molecule has 2 atom stereocenters. The van der Waals surface area contributed by atoms with Crippen LogP contribution in [0, 0.1) is 11.8 Å². The number of carbonyl (C=O) groups is 1. The normalized spacial score (nSPS) is 22.0. The number of nitrogens with one attached hydrogen (secondary N) is 1. The molecule has 0 saturated heterocycles. The lowest BCUT2D eigenvalue weighted by Gasteiger charge is -2.07. The van der Waals surface area contributed by atoms with E-state index < -0.39 is 0 Å². The molecule has 0 bridgehead atoms. The van der Waals surface area contributed by atoms with Crippen molar-refractivity contribution in [1.82, 2.24) is 5.32 Å². The number of halogens is 1. The maximum absolute atomic E-state index is 11.5. The van der Waals surface area contributed by atoms with Crippen molar-refractivity contribution in [3.05, 3.63) is 29.3 Å². The minimum absolute atomic E-state index is 0.150. The fraction of sp³-hybridized carbons (Fsp3) is 0.462. The van der Waals surface area contributed by atoms with E-state index in [1.54, 1.807) is 12.1 Å². The summed E-state index contributed by atoms with van der Waals surface area (Å²) in [6, 6.07) is 7.18. The Labute approximate surface area is 106 Å². The first-order valence-corrected chi connectivity index (χ1v) is 6.20. The van der Waals surface area contributed by atoms with Gasteiger partial charge in [0.05, 0.1) is 6.54 Å². The second-order valence-corrected chi connectivity index (χ2v) is 4.85. The number of carbonyl (C=O) groups excluding carboxylic acids is 1. The number of hydrogen-bond acceptors (Lipinski definition) is 2. The van der Waals surface area contributed by atoms with Gasteiger partial charge in [-0.3, -0.25) is 4.79 Å². The largest absolute Gasteiger partial charge is 0.492 e. The molecule has 1 amide bonds. The topological polar surface area (TPSA) is 38.3 Å². The van der Waals surface area contributed by atoms with Crippen LogP contribution in [-0.2, 0) is 4.79 Å². The molecule has 2 rings (SSSR count). The summed E-state index contributed by atoms with van der Waals surface area (Å²) in [6.07, 6.45) is 1.02. The second kappa shape index (κ2) is 5.41. The average Bonchev–Trinajstić information content (AvgIpc) is 3.04. The van der Waals surface area contributed by atoms with E-state index in [1.165, 1.54) is 0 Å². The van der Waals surface area contributed by atoms with Crippen LogP contribution in [0.4, 0.5) is 0 Å². The van der Waals surface area contributed by atoms with Crippen LogP contribution in [0.3, 0.4) is 0 Å². The summed E-state index contributed by atoms with van der Waals surface area (Å²) in [5.41, 5.74) is 0. The van der Waals surface area contributed by atoms with E-state index >= 15 is 0 Å². The van der Waals surface area contributed by atoms with E-state index in [0.717, 1.165) is 12.2 Å². The first-order valence-electron chi connectivity index (χ1n) is 5.83. The standard InChI is InChI=1S/C13H16ClNO2/c1-9-8-12(9)13(16)15-6-7-17-11-4-2-10(14)3-5-11/h2-5,9,12H,6-8H2,1H3,(H,15,16). The lowest BCUT2D eigenvalue weighted by atomic mass is 10.3. The highest BCUT2D eigenvalue weighted by atomic mass is 35.5. The van der Waals surface area contributed by atoms with Gasteiger partial charge >= 0.3 is 0 Å². The second-order valence-electron chi connectivity index (χ2n) is 4.41. The van der Waals surface area contributed by atoms with Crippen LogP contribution < -0.4 is 10.1 Å². The van der Waals surface area contributed by atoms with Crippen LogP contribution in [0.5, 0.6) is 5.75 Å². The van der Waals surface area contributed by atoms with Gasteiger partial charge in [0.15, 0.2) is 0 Å². The molecule has 0 radical (unpaired) electrons. The summed E-state index contributed by atoms with van der Waals surface area (Å²) < 4.78 is 5.47. The molecule has 1 aliphatic carbocycles. The van der Waals surface area contributed by atoms with Gasteiger partial charge in [-0.15, -0.1) is 0 Å². The van der Waals surface area contributed by atoms with Crippen LogP contribution in [0.1, 0.15) is 13.3 Å². The zero-order valence-electron chi connectivity index (χ0n) is 9.78. The van der Waals surface area contributed by atoms with Gasteiger partial charge in [0.1, 0.15) is 12.4 Å². The zero-order valence-corrected chi connectivity index (χ0v) is 10.5. The first-order chi connectivity index (χ1) is 8.16. The molecule has 1 aliphatic rings. The van der Waals surface area contributed by atoms with E-state index in [9.17, 15) is 4.79 Å². The molecule has 0 aromatic heterocycles. The zero-order chi connectivity index (χ0) is 12.3. The third-order valence-corrected chi connectivity index (χ3v) is 3.18. The lowest BCUT2D eigenvalue weighted by Crippen LogP contribution is -2.29. The molecular formula is C13H16ClNO2. The van der Waals surface area contributed by atoms with Crippen LogP contribution in [0.2, 0.25) is 5.02 Å². The summed E-state index contributed by atoms with van der Waals surface area (Å²) >= 11 is 5.76. The van der Waals surface area contributed by atoms with Gasteiger partial charge < -0.3 is 10.1 Å². The Kier molecular flexibility index (Phi) is 3.89. The highest BCUT2D eigenvalue weighted by Crippen LogP contribution is 2.37. The van der Waals surface area contributed by atoms with Crippen molar-refractivity contribution < 1.29 is 9.53 Å². The van der Waals surface area contributed by atoms with Crippen LogP contribution in [0.25, 0.3) is 0 Å². The van der Waals surface area contributed by atoms with Crippen molar-refractivity contribution >= 4 is 17.5 Å². The molecule has 1 aromatic carbocycles. The van der Waals surface area contributed by atoms with Crippen molar-refractivity contribution in [2.45, 2.75) is 13.3 Å². The lowest BCUT2D eigenvalue weighted by molar-refractivity contribution is -0.122. The minimum atomic E-state index is 0.150. The van der Waals surface area contributed by atoms with Gasteiger partial charge in [0.25, 0.3) is 0 Å². The SMILES string of the molecule is CC1CC1C(=O)NCCOc1ccc(Cl)cc1. The molecule has 0 spiro atoms. The van der Waals surface area contributed by atoms with Crippen molar-refractivity contribution in [3.8, 4) is 5.75 Å². The van der Waals surface area contributed by atoms with Crippen molar-refractivity contribution in [1.29, 1.82) is 0 Å². The highest BCUT2D eigenvalue weighted by Gasteiger charge is 2.38. The van der Waals surface area contributed by atoms with Gasteiger partial charge in [0, 0.05) is 10.9 Å². The first kappa shape index (κ1) is 12.2. The predicted molar refractivity (Wildman–Crippen MR) is 67.2 cm³/mol. The van der Waals surface area contributed by atoms with Gasteiger partial charge in [-0.05, 0) is 36.6 Å². The van der Waals surface area contributed by atoms with E-state index in [1.807, 2.05) is 12.1 Å². The third kappa shape index (κ3) is 3.63.